The summed E-state index contributed by atoms with van der Waals surface area (Å²) in [5.41, 5.74) is 1.11. The zero-order chi connectivity index (χ0) is 13.1. The third-order valence-electron chi connectivity index (χ3n) is 3.35. The normalized spacial score (nSPS) is 17.1. The maximum absolute atomic E-state index is 5.80. The van der Waals surface area contributed by atoms with Crippen molar-refractivity contribution in [1.29, 1.82) is 0 Å². The summed E-state index contributed by atoms with van der Waals surface area (Å²) < 4.78 is 11.5. The fraction of sp³-hybridized carbons (Fsp3) is 0.500. The second-order valence-corrected chi connectivity index (χ2v) is 4.78. The van der Waals surface area contributed by atoms with Gasteiger partial charge in [-0.3, -0.25) is 4.99 Å². The Bertz CT molecular complexity index is 493. The largest absolute Gasteiger partial charge is 0.490 e. The maximum Gasteiger partial charge on any atom is 0.194 e. The van der Waals surface area contributed by atoms with E-state index in [4.69, 9.17) is 9.47 Å². The van der Waals surface area contributed by atoms with Gasteiger partial charge >= 0.3 is 0 Å². The first kappa shape index (κ1) is 15.2. The van der Waals surface area contributed by atoms with Crippen molar-refractivity contribution >= 4 is 29.9 Å². The third kappa shape index (κ3) is 3.28. The average molecular weight is 389 g/mol. The summed E-state index contributed by atoms with van der Waals surface area (Å²) in [6, 6.07) is 6.03. The molecule has 0 bridgehead atoms. The van der Waals surface area contributed by atoms with Gasteiger partial charge in [-0.1, -0.05) is 12.1 Å². The molecule has 0 unspecified atom stereocenters. The highest BCUT2D eigenvalue weighted by Crippen LogP contribution is 2.33. The molecular formula is C14H20IN3O2. The van der Waals surface area contributed by atoms with Crippen LogP contribution in [0.15, 0.2) is 23.2 Å². The fourth-order valence-corrected chi connectivity index (χ4v) is 2.29. The first-order valence-corrected chi connectivity index (χ1v) is 6.71. The second-order valence-electron chi connectivity index (χ2n) is 4.78. The highest BCUT2D eigenvalue weighted by atomic mass is 127. The van der Waals surface area contributed by atoms with E-state index in [0.717, 1.165) is 49.1 Å². The van der Waals surface area contributed by atoms with E-state index in [-0.39, 0.29) is 24.0 Å². The van der Waals surface area contributed by atoms with Crippen molar-refractivity contribution < 1.29 is 9.47 Å². The number of aliphatic imine (C=N–C) groups is 1. The second kappa shape index (κ2) is 7.01. The standard InChI is InChI=1S/C14H19N3O2.HI/c1-17-7-6-15-14(17)16-10-11-4-2-5-12-13(11)19-9-3-8-18-12;/h2,4-5H,3,6-10H2,1H3,(H,15,16);1H. The van der Waals surface area contributed by atoms with Crippen LogP contribution in [0.25, 0.3) is 0 Å². The summed E-state index contributed by atoms with van der Waals surface area (Å²) in [6.45, 7) is 3.99. The molecule has 0 spiro atoms. The van der Waals surface area contributed by atoms with Gasteiger partial charge in [0.15, 0.2) is 17.5 Å². The number of para-hydroxylation sites is 1. The van der Waals surface area contributed by atoms with Crippen LogP contribution in [0.1, 0.15) is 12.0 Å². The molecule has 0 amide bonds. The van der Waals surface area contributed by atoms with Gasteiger partial charge in [-0.15, -0.1) is 24.0 Å². The molecule has 1 aromatic rings. The van der Waals surface area contributed by atoms with Crippen LogP contribution in [0.5, 0.6) is 11.5 Å². The van der Waals surface area contributed by atoms with Crippen molar-refractivity contribution in [3.8, 4) is 11.5 Å². The van der Waals surface area contributed by atoms with E-state index in [1.165, 1.54) is 0 Å². The molecule has 110 valence electrons. The lowest BCUT2D eigenvalue weighted by Gasteiger charge is -2.17. The van der Waals surface area contributed by atoms with Crippen LogP contribution in [0.3, 0.4) is 0 Å². The Morgan fingerprint density at radius 2 is 2.15 bits per heavy atom. The van der Waals surface area contributed by atoms with Crippen LogP contribution in [-0.2, 0) is 6.54 Å². The molecule has 0 aromatic heterocycles. The monoisotopic (exact) mass is 389 g/mol. The Kier molecular flexibility index (Phi) is 5.33. The molecule has 0 fully saturated rings. The van der Waals surface area contributed by atoms with E-state index in [1.54, 1.807) is 0 Å². The van der Waals surface area contributed by atoms with Crippen molar-refractivity contribution in [2.75, 3.05) is 33.4 Å². The number of hydrogen-bond donors (Lipinski definition) is 1. The molecule has 1 N–H and O–H groups in total. The zero-order valence-electron chi connectivity index (χ0n) is 11.6. The van der Waals surface area contributed by atoms with Gasteiger partial charge in [-0.05, 0) is 6.07 Å². The van der Waals surface area contributed by atoms with Gasteiger partial charge in [0.1, 0.15) is 0 Å². The van der Waals surface area contributed by atoms with Crippen LogP contribution in [0.2, 0.25) is 0 Å². The highest BCUT2D eigenvalue weighted by molar-refractivity contribution is 14.0. The van der Waals surface area contributed by atoms with E-state index in [9.17, 15) is 0 Å². The molecule has 0 aliphatic carbocycles. The summed E-state index contributed by atoms with van der Waals surface area (Å²) in [5.74, 6) is 2.67. The van der Waals surface area contributed by atoms with Gasteiger partial charge in [-0.25, -0.2) is 0 Å². The first-order chi connectivity index (χ1) is 9.34. The van der Waals surface area contributed by atoms with Crippen LogP contribution >= 0.6 is 24.0 Å². The number of nitrogens with zero attached hydrogens (tertiary/aromatic N) is 2. The van der Waals surface area contributed by atoms with E-state index in [2.05, 4.69) is 21.3 Å². The Balaban J connectivity index is 0.00000147. The molecule has 6 heteroatoms. The SMILES string of the molecule is CN1CCN=C1NCc1cccc2c1OCCCO2.I. The summed E-state index contributed by atoms with van der Waals surface area (Å²) in [5, 5.41) is 3.36. The summed E-state index contributed by atoms with van der Waals surface area (Å²) in [6.07, 6.45) is 0.928. The lowest BCUT2D eigenvalue weighted by molar-refractivity contribution is 0.296. The smallest absolute Gasteiger partial charge is 0.194 e. The van der Waals surface area contributed by atoms with Crippen LogP contribution < -0.4 is 14.8 Å². The van der Waals surface area contributed by atoms with Crippen LogP contribution in [-0.4, -0.2) is 44.2 Å². The van der Waals surface area contributed by atoms with Crippen molar-refractivity contribution in [3.05, 3.63) is 23.8 Å². The van der Waals surface area contributed by atoms with Crippen molar-refractivity contribution in [3.63, 3.8) is 0 Å². The Morgan fingerprint density at radius 1 is 1.30 bits per heavy atom. The van der Waals surface area contributed by atoms with Gasteiger partial charge in [-0.2, -0.15) is 0 Å². The molecule has 2 heterocycles. The van der Waals surface area contributed by atoms with Gasteiger partial charge in [0.2, 0.25) is 0 Å². The molecule has 0 atom stereocenters. The molecule has 5 nitrogen and oxygen atoms in total. The molecule has 20 heavy (non-hydrogen) atoms. The van der Waals surface area contributed by atoms with E-state index < -0.39 is 0 Å². The predicted molar refractivity (Wildman–Crippen MR) is 89.2 cm³/mol. The molecule has 0 saturated heterocycles. The van der Waals surface area contributed by atoms with E-state index in [1.807, 2.05) is 19.2 Å². The number of nitrogens with one attached hydrogen (secondary N) is 1. The average Bonchev–Trinajstić information content (AvgIpc) is 2.69. The van der Waals surface area contributed by atoms with Crippen LogP contribution in [0.4, 0.5) is 0 Å². The topological polar surface area (TPSA) is 46.1 Å². The van der Waals surface area contributed by atoms with Crippen LogP contribution in [0, 0.1) is 0 Å². The number of likely N-dealkylation sites (N-methyl/N-ethyl adjacent to an activating group) is 1. The number of ether oxygens (including phenoxy) is 2. The minimum atomic E-state index is 0. The minimum Gasteiger partial charge on any atom is -0.490 e. The number of rotatable bonds is 2. The van der Waals surface area contributed by atoms with Crippen molar-refractivity contribution in [2.45, 2.75) is 13.0 Å². The third-order valence-corrected chi connectivity index (χ3v) is 3.35. The first-order valence-electron chi connectivity index (χ1n) is 6.71. The molecule has 1 aromatic carbocycles. The molecule has 2 aliphatic rings. The predicted octanol–water partition coefficient (Wildman–Crippen LogP) is 1.86. The lowest BCUT2D eigenvalue weighted by atomic mass is 10.2. The highest BCUT2D eigenvalue weighted by Gasteiger charge is 2.16. The molecular weight excluding hydrogens is 369 g/mol. The lowest BCUT2D eigenvalue weighted by Crippen LogP contribution is -2.35. The van der Waals surface area contributed by atoms with Crippen molar-refractivity contribution in [2.24, 2.45) is 4.99 Å². The molecule has 3 rings (SSSR count). The molecule has 2 aliphatic heterocycles. The fourth-order valence-electron chi connectivity index (χ4n) is 2.29. The number of fused-ring (bicyclic) bond motifs is 1. The van der Waals surface area contributed by atoms with Gasteiger partial charge in [0.25, 0.3) is 0 Å². The van der Waals surface area contributed by atoms with Gasteiger partial charge in [0, 0.05) is 32.1 Å². The van der Waals surface area contributed by atoms with E-state index >= 15 is 0 Å². The summed E-state index contributed by atoms with van der Waals surface area (Å²) in [4.78, 5) is 6.55. The number of halogens is 1. The Labute approximate surface area is 136 Å². The summed E-state index contributed by atoms with van der Waals surface area (Å²) in [7, 11) is 2.05. The van der Waals surface area contributed by atoms with Gasteiger partial charge in [0.05, 0.1) is 19.8 Å². The van der Waals surface area contributed by atoms with Gasteiger partial charge < -0.3 is 19.7 Å². The molecule has 0 radical (unpaired) electrons. The number of hydrogen-bond acceptors (Lipinski definition) is 5. The Hall–Kier alpha value is -1.18. The molecule has 0 saturated carbocycles. The summed E-state index contributed by atoms with van der Waals surface area (Å²) >= 11 is 0. The van der Waals surface area contributed by atoms with E-state index in [0.29, 0.717) is 13.2 Å². The quantitative estimate of drug-likeness (QED) is 0.785. The van der Waals surface area contributed by atoms with Crippen molar-refractivity contribution in [1.82, 2.24) is 10.2 Å². The maximum atomic E-state index is 5.80. The number of guanidine groups is 1. The zero-order valence-corrected chi connectivity index (χ0v) is 13.9. The minimum absolute atomic E-state index is 0. The Morgan fingerprint density at radius 3 is 2.95 bits per heavy atom. The number of benzene rings is 1.